The fourth-order valence-corrected chi connectivity index (χ4v) is 2.77. The summed E-state index contributed by atoms with van der Waals surface area (Å²) in [4.78, 5) is 11.5. The molecule has 0 bridgehead atoms. The fourth-order valence-electron chi connectivity index (χ4n) is 1.89. The van der Waals surface area contributed by atoms with Gasteiger partial charge in [0.2, 0.25) is 0 Å². The van der Waals surface area contributed by atoms with E-state index in [0.29, 0.717) is 6.08 Å². The number of esters is 1. The first-order chi connectivity index (χ1) is 12.5. The van der Waals surface area contributed by atoms with Crippen LogP contribution in [0, 0.1) is 0 Å². The first-order valence-corrected chi connectivity index (χ1v) is 8.45. The molecule has 7 nitrogen and oxygen atoms in total. The number of hydrogen-bond donors (Lipinski definition) is 1. The minimum absolute atomic E-state index is 0.00710. The third-order valence-corrected chi connectivity index (χ3v) is 3.95. The second-order valence-corrected chi connectivity index (χ2v) is 6.61. The summed E-state index contributed by atoms with van der Waals surface area (Å²) < 4.78 is 118. The Hall–Kier alpha value is -2.48. The van der Waals surface area contributed by atoms with Gasteiger partial charge in [-0.05, 0) is 23.8 Å². The van der Waals surface area contributed by atoms with Crippen molar-refractivity contribution >= 4 is 22.2 Å². The zero-order valence-electron chi connectivity index (χ0n) is 13.7. The number of methoxy groups -OCH3 is 1. The number of benzene rings is 1. The van der Waals surface area contributed by atoms with Crippen molar-refractivity contribution in [1.82, 2.24) is 0 Å². The number of hydrogen-bond acceptors (Lipinski definition) is 7. The number of rotatable bonds is 6. The molecule has 0 amide bonds. The van der Waals surface area contributed by atoms with Gasteiger partial charge in [0.05, 0.1) is 23.0 Å². The monoisotopic (exact) mass is 437 g/mol. The van der Waals surface area contributed by atoms with Gasteiger partial charge >= 0.3 is 23.9 Å². The van der Waals surface area contributed by atoms with Crippen molar-refractivity contribution in [3.63, 3.8) is 0 Å². The molecule has 0 heterocycles. The number of phenolic OH excluding ortho intramolecular Hbond substituents is 1. The minimum Gasteiger partial charge on any atom is -0.748 e. The van der Waals surface area contributed by atoms with Crippen molar-refractivity contribution in [3.8, 4) is 11.5 Å². The van der Waals surface area contributed by atoms with Crippen LogP contribution in [0.3, 0.4) is 0 Å². The third kappa shape index (κ3) is 5.51. The van der Waals surface area contributed by atoms with E-state index in [1.165, 1.54) is 0 Å². The number of carbonyl (C=O) groups is 1. The van der Waals surface area contributed by atoms with Crippen LogP contribution in [0.25, 0.3) is 6.08 Å². The number of aromatic hydroxyl groups is 1. The Morgan fingerprint density at radius 2 is 1.71 bits per heavy atom. The lowest BCUT2D eigenvalue weighted by Gasteiger charge is -2.36. The van der Waals surface area contributed by atoms with E-state index in [2.05, 4.69) is 4.74 Å². The Morgan fingerprint density at radius 1 is 1.18 bits per heavy atom. The van der Waals surface area contributed by atoms with Crippen LogP contribution in [0.5, 0.6) is 11.5 Å². The van der Waals surface area contributed by atoms with Crippen molar-refractivity contribution < 1.29 is 58.7 Å². The predicted octanol–water partition coefficient (Wildman–Crippen LogP) is 2.37. The minimum atomic E-state index is -6.45. The molecule has 0 fully saturated rings. The highest BCUT2D eigenvalue weighted by molar-refractivity contribution is 7.85. The molecule has 0 aromatic heterocycles. The van der Waals surface area contributed by atoms with Crippen LogP contribution < -0.4 is 4.74 Å². The van der Waals surface area contributed by atoms with E-state index in [-0.39, 0.29) is 23.1 Å². The summed E-state index contributed by atoms with van der Waals surface area (Å²) in [5.74, 6) is -5.76. The van der Waals surface area contributed by atoms with Gasteiger partial charge in [-0.1, -0.05) is 6.07 Å². The first kappa shape index (κ1) is 23.6. The number of carbonyl (C=O) groups excluding carboxylic acids is 1. The second kappa shape index (κ2) is 7.87. The van der Waals surface area contributed by atoms with Gasteiger partial charge in [-0.2, -0.15) is 26.3 Å². The summed E-state index contributed by atoms with van der Waals surface area (Å²) in [6.45, 7) is 0. The average Bonchev–Trinajstić information content (AvgIpc) is 2.50. The van der Waals surface area contributed by atoms with Crippen LogP contribution >= 0.6 is 0 Å². The SMILES string of the molecule is COc1cc(/C=C/C(=O)OC(CS(=O)(=O)[O-])(C(F)(F)F)C(F)(F)F)ccc1O. The Kier molecular flexibility index (Phi) is 6.62. The van der Waals surface area contributed by atoms with Gasteiger partial charge in [-0.25, -0.2) is 13.2 Å². The molecular weight excluding hydrogens is 426 g/mol. The lowest BCUT2D eigenvalue weighted by Crippen LogP contribution is -2.63. The molecule has 14 heteroatoms. The number of halogens is 6. The molecule has 1 rings (SSSR count). The third-order valence-electron chi connectivity index (χ3n) is 3.19. The molecule has 0 atom stereocenters. The topological polar surface area (TPSA) is 113 Å². The van der Waals surface area contributed by atoms with E-state index in [1.54, 1.807) is 0 Å². The summed E-state index contributed by atoms with van der Waals surface area (Å²) in [7, 11) is -4.96. The number of alkyl halides is 6. The van der Waals surface area contributed by atoms with Crippen molar-refractivity contribution in [1.29, 1.82) is 0 Å². The van der Waals surface area contributed by atoms with Gasteiger partial charge in [0.1, 0.15) is 0 Å². The quantitative estimate of drug-likeness (QED) is 0.315. The van der Waals surface area contributed by atoms with E-state index in [9.17, 15) is 49.2 Å². The molecule has 1 N–H and O–H groups in total. The maximum Gasteiger partial charge on any atom is 0.438 e. The molecule has 0 saturated heterocycles. The van der Waals surface area contributed by atoms with Crippen LogP contribution in [-0.2, 0) is 19.6 Å². The van der Waals surface area contributed by atoms with Crippen molar-refractivity contribution in [3.05, 3.63) is 29.8 Å². The highest BCUT2D eigenvalue weighted by Crippen LogP contribution is 2.46. The molecule has 0 spiro atoms. The summed E-state index contributed by atoms with van der Waals surface area (Å²) in [6.07, 6.45) is -12.0. The fraction of sp³-hybridized carbons (Fsp3) is 0.357. The van der Waals surface area contributed by atoms with Gasteiger partial charge in [0.25, 0.3) is 0 Å². The number of phenols is 1. The molecule has 1 aromatic rings. The predicted molar refractivity (Wildman–Crippen MR) is 79.2 cm³/mol. The van der Waals surface area contributed by atoms with E-state index in [4.69, 9.17) is 4.74 Å². The Morgan fingerprint density at radius 3 is 2.14 bits per heavy atom. The second-order valence-electron chi connectivity index (χ2n) is 5.21. The van der Waals surface area contributed by atoms with Crippen LogP contribution in [0.1, 0.15) is 5.56 Å². The largest absolute Gasteiger partial charge is 0.748 e. The van der Waals surface area contributed by atoms with E-state index in [0.717, 1.165) is 25.3 Å². The maximum atomic E-state index is 13.0. The van der Waals surface area contributed by atoms with Crippen LogP contribution in [0.2, 0.25) is 0 Å². The first-order valence-electron chi connectivity index (χ1n) is 6.87. The summed E-state index contributed by atoms with van der Waals surface area (Å²) >= 11 is 0. The summed E-state index contributed by atoms with van der Waals surface area (Å²) in [6, 6.07) is 3.27. The molecule has 0 radical (unpaired) electrons. The highest BCUT2D eigenvalue weighted by atomic mass is 32.2. The van der Waals surface area contributed by atoms with Crippen molar-refractivity contribution in [2.24, 2.45) is 0 Å². The van der Waals surface area contributed by atoms with Crippen molar-refractivity contribution in [2.45, 2.75) is 18.0 Å². The molecule has 0 saturated carbocycles. The lowest BCUT2D eigenvalue weighted by atomic mass is 10.1. The molecule has 0 aliphatic heterocycles. The Bertz CT molecular complexity index is 844. The highest BCUT2D eigenvalue weighted by Gasteiger charge is 2.75. The summed E-state index contributed by atoms with van der Waals surface area (Å²) in [5.41, 5.74) is -5.54. The van der Waals surface area contributed by atoms with E-state index in [1.807, 2.05) is 0 Å². The molecule has 0 aliphatic rings. The maximum absolute atomic E-state index is 13.0. The smallest absolute Gasteiger partial charge is 0.438 e. The van der Waals surface area contributed by atoms with E-state index < -0.39 is 39.8 Å². The van der Waals surface area contributed by atoms with E-state index >= 15 is 0 Å². The van der Waals surface area contributed by atoms with Gasteiger partial charge in [-0.3, -0.25) is 0 Å². The molecule has 0 aliphatic carbocycles. The Balaban J connectivity index is 3.27. The normalized spacial score (nSPS) is 13.6. The van der Waals surface area contributed by atoms with Gasteiger partial charge < -0.3 is 19.1 Å². The standard InChI is InChI=1S/C14H12F6O7S/c1-26-10-6-8(2-4-9(10)21)3-5-11(22)27-12(13(15,16)17,14(18,19)20)7-28(23,24)25/h2-6,21H,7H2,1H3,(H,23,24,25)/p-1/b5-3+. The molecule has 28 heavy (non-hydrogen) atoms. The number of ether oxygens (including phenoxy) is 2. The van der Waals surface area contributed by atoms with Gasteiger partial charge in [0, 0.05) is 6.08 Å². The lowest BCUT2D eigenvalue weighted by molar-refractivity contribution is -0.360. The van der Waals surface area contributed by atoms with Crippen LogP contribution in [0.4, 0.5) is 26.3 Å². The average molecular weight is 437 g/mol. The van der Waals surface area contributed by atoms with Crippen LogP contribution in [0.15, 0.2) is 24.3 Å². The summed E-state index contributed by atoms with van der Waals surface area (Å²) in [5, 5.41) is 9.38. The molecule has 0 unspecified atom stereocenters. The van der Waals surface area contributed by atoms with Gasteiger partial charge in [-0.15, -0.1) is 0 Å². The van der Waals surface area contributed by atoms with Gasteiger partial charge in [0.15, 0.2) is 11.5 Å². The molecular formula is C14H11F6O7S-. The Labute approximate surface area is 153 Å². The van der Waals surface area contributed by atoms with Crippen molar-refractivity contribution in [2.75, 3.05) is 12.9 Å². The molecule has 158 valence electrons. The van der Waals surface area contributed by atoms with Crippen LogP contribution in [-0.4, -0.2) is 54.9 Å². The zero-order valence-corrected chi connectivity index (χ0v) is 14.5. The molecule has 1 aromatic carbocycles. The zero-order chi connectivity index (χ0) is 22.0.